The Morgan fingerprint density at radius 2 is 2.35 bits per heavy atom. The molecule has 3 rings (SSSR count). The molecule has 0 spiro atoms. The van der Waals surface area contributed by atoms with Crippen molar-refractivity contribution in [1.29, 1.82) is 0 Å². The van der Waals surface area contributed by atoms with Crippen LogP contribution < -0.4 is 11.3 Å². The summed E-state index contributed by atoms with van der Waals surface area (Å²) in [6, 6.07) is 10.2. The first kappa shape index (κ1) is 13.5. The fraction of sp³-hybridized carbons (Fsp3) is 0.400. The van der Waals surface area contributed by atoms with E-state index in [9.17, 15) is 0 Å². The Balaban J connectivity index is 1.90. The number of likely N-dealkylation sites (N-methyl/N-ethyl adjacent to an activating group) is 1. The van der Waals surface area contributed by atoms with Gasteiger partial charge in [-0.25, -0.2) is 0 Å². The summed E-state index contributed by atoms with van der Waals surface area (Å²) in [5.41, 5.74) is 5.03. The van der Waals surface area contributed by atoms with E-state index in [0.29, 0.717) is 0 Å². The molecule has 0 saturated carbocycles. The number of hydrogen-bond acceptors (Lipinski definition) is 5. The number of nitrogens with two attached hydrogens (primary N) is 1. The molecular formula is C15H20N4O. The van der Waals surface area contributed by atoms with E-state index in [0.717, 1.165) is 36.2 Å². The maximum absolute atomic E-state index is 5.87. The van der Waals surface area contributed by atoms with Crippen molar-refractivity contribution in [2.24, 2.45) is 5.84 Å². The lowest BCUT2D eigenvalue weighted by Crippen LogP contribution is -2.48. The third-order valence-electron chi connectivity index (χ3n) is 3.83. The predicted octanol–water partition coefficient (Wildman–Crippen LogP) is 1.07. The van der Waals surface area contributed by atoms with Crippen LogP contribution in [0.25, 0.3) is 10.9 Å². The molecule has 1 aliphatic heterocycles. The van der Waals surface area contributed by atoms with E-state index in [1.54, 1.807) is 6.20 Å². The number of pyridine rings is 1. The Bertz CT molecular complexity index is 589. The van der Waals surface area contributed by atoms with Gasteiger partial charge in [-0.2, -0.15) is 0 Å². The molecule has 20 heavy (non-hydrogen) atoms. The SMILES string of the molecule is CN1CCOC(C(NN)c2ccc3ncccc3c2)C1. The lowest BCUT2D eigenvalue weighted by Gasteiger charge is -2.35. The Morgan fingerprint density at radius 1 is 1.45 bits per heavy atom. The molecule has 0 amide bonds. The number of benzene rings is 1. The second-order valence-corrected chi connectivity index (χ2v) is 5.27. The topological polar surface area (TPSA) is 63.4 Å². The van der Waals surface area contributed by atoms with Crippen molar-refractivity contribution in [1.82, 2.24) is 15.3 Å². The number of fused-ring (bicyclic) bond motifs is 1. The second-order valence-electron chi connectivity index (χ2n) is 5.27. The number of aromatic nitrogens is 1. The zero-order valence-corrected chi connectivity index (χ0v) is 11.6. The molecule has 0 radical (unpaired) electrons. The summed E-state index contributed by atoms with van der Waals surface area (Å²) >= 11 is 0. The molecule has 0 bridgehead atoms. The van der Waals surface area contributed by atoms with Crippen LogP contribution in [-0.4, -0.2) is 42.7 Å². The van der Waals surface area contributed by atoms with Gasteiger partial charge in [0.15, 0.2) is 0 Å². The molecule has 2 aromatic rings. The fourth-order valence-electron chi connectivity index (χ4n) is 2.72. The van der Waals surface area contributed by atoms with Crippen LogP contribution in [0.4, 0.5) is 0 Å². The standard InChI is InChI=1S/C15H20N4O/c1-19-7-8-20-14(10-19)15(18-16)12-4-5-13-11(9-12)3-2-6-17-13/h2-6,9,14-15,18H,7-8,10,16H2,1H3. The monoisotopic (exact) mass is 272 g/mol. The Morgan fingerprint density at radius 3 is 3.15 bits per heavy atom. The van der Waals surface area contributed by atoms with Crippen LogP contribution in [0.2, 0.25) is 0 Å². The average molecular weight is 272 g/mol. The second kappa shape index (κ2) is 5.85. The molecule has 0 aliphatic carbocycles. The van der Waals surface area contributed by atoms with Crippen LogP contribution in [0.15, 0.2) is 36.5 Å². The van der Waals surface area contributed by atoms with Crippen LogP contribution in [-0.2, 0) is 4.74 Å². The molecule has 3 N–H and O–H groups in total. The highest BCUT2D eigenvalue weighted by atomic mass is 16.5. The van der Waals surface area contributed by atoms with Crippen LogP contribution in [0.5, 0.6) is 0 Å². The van der Waals surface area contributed by atoms with Crippen molar-refractivity contribution in [3.05, 3.63) is 42.1 Å². The number of hydrazine groups is 1. The van der Waals surface area contributed by atoms with Gasteiger partial charge in [-0.1, -0.05) is 12.1 Å². The molecule has 1 aromatic heterocycles. The molecular weight excluding hydrogens is 252 g/mol. The lowest BCUT2D eigenvalue weighted by molar-refractivity contribution is -0.0392. The average Bonchev–Trinajstić information content (AvgIpc) is 2.48. The molecule has 1 aliphatic rings. The number of morpholine rings is 1. The van der Waals surface area contributed by atoms with Gasteiger partial charge >= 0.3 is 0 Å². The lowest BCUT2D eigenvalue weighted by atomic mass is 9.99. The molecule has 1 saturated heterocycles. The van der Waals surface area contributed by atoms with Gasteiger partial charge in [0, 0.05) is 24.7 Å². The van der Waals surface area contributed by atoms with Gasteiger partial charge in [0.05, 0.1) is 24.3 Å². The first-order valence-corrected chi connectivity index (χ1v) is 6.89. The van der Waals surface area contributed by atoms with E-state index in [1.165, 1.54) is 0 Å². The number of nitrogens with zero attached hydrogens (tertiary/aromatic N) is 2. The van der Waals surface area contributed by atoms with Gasteiger partial charge < -0.3 is 9.64 Å². The van der Waals surface area contributed by atoms with Crippen LogP contribution >= 0.6 is 0 Å². The van der Waals surface area contributed by atoms with E-state index in [4.69, 9.17) is 10.6 Å². The molecule has 2 unspecified atom stereocenters. The van der Waals surface area contributed by atoms with Gasteiger partial charge in [-0.05, 0) is 30.8 Å². The molecule has 2 heterocycles. The van der Waals surface area contributed by atoms with Crippen LogP contribution in [0.1, 0.15) is 11.6 Å². The van der Waals surface area contributed by atoms with E-state index in [-0.39, 0.29) is 12.1 Å². The highest BCUT2D eigenvalue weighted by Gasteiger charge is 2.27. The van der Waals surface area contributed by atoms with Gasteiger partial charge in [-0.3, -0.25) is 16.3 Å². The molecule has 1 fully saturated rings. The highest BCUT2D eigenvalue weighted by Crippen LogP contribution is 2.24. The predicted molar refractivity (Wildman–Crippen MR) is 79.0 cm³/mol. The van der Waals surface area contributed by atoms with Crippen LogP contribution in [0, 0.1) is 0 Å². The summed E-state index contributed by atoms with van der Waals surface area (Å²) in [5.74, 6) is 5.76. The minimum absolute atomic E-state index is 0.0117. The summed E-state index contributed by atoms with van der Waals surface area (Å²) in [7, 11) is 2.10. The molecule has 1 aromatic carbocycles. The van der Waals surface area contributed by atoms with Crippen molar-refractivity contribution in [2.45, 2.75) is 12.1 Å². The quantitative estimate of drug-likeness (QED) is 0.646. The zero-order valence-electron chi connectivity index (χ0n) is 11.6. The van der Waals surface area contributed by atoms with E-state index < -0.39 is 0 Å². The third kappa shape index (κ3) is 2.66. The smallest absolute Gasteiger partial charge is 0.0909 e. The molecule has 5 nitrogen and oxygen atoms in total. The maximum atomic E-state index is 5.87. The highest BCUT2D eigenvalue weighted by molar-refractivity contribution is 5.79. The largest absolute Gasteiger partial charge is 0.374 e. The van der Waals surface area contributed by atoms with Gasteiger partial charge in [0.1, 0.15) is 0 Å². The Kier molecular flexibility index (Phi) is 3.93. The van der Waals surface area contributed by atoms with E-state index >= 15 is 0 Å². The number of ether oxygens (including phenoxy) is 1. The number of rotatable bonds is 3. The first-order chi connectivity index (χ1) is 9.78. The molecule has 2 atom stereocenters. The summed E-state index contributed by atoms with van der Waals surface area (Å²) in [4.78, 5) is 6.61. The summed E-state index contributed by atoms with van der Waals surface area (Å²) in [6.07, 6.45) is 1.87. The molecule has 106 valence electrons. The normalized spacial score (nSPS) is 22.0. The maximum Gasteiger partial charge on any atom is 0.0909 e. The van der Waals surface area contributed by atoms with Crippen molar-refractivity contribution in [3.63, 3.8) is 0 Å². The summed E-state index contributed by atoms with van der Waals surface area (Å²) < 4.78 is 5.87. The Hall–Kier alpha value is -1.53. The summed E-state index contributed by atoms with van der Waals surface area (Å²) in [6.45, 7) is 2.59. The van der Waals surface area contributed by atoms with E-state index in [1.807, 2.05) is 12.1 Å². The van der Waals surface area contributed by atoms with Crippen LogP contribution in [0.3, 0.4) is 0 Å². The van der Waals surface area contributed by atoms with Gasteiger partial charge in [-0.15, -0.1) is 0 Å². The zero-order chi connectivity index (χ0) is 13.9. The van der Waals surface area contributed by atoms with Crippen molar-refractivity contribution in [3.8, 4) is 0 Å². The third-order valence-corrected chi connectivity index (χ3v) is 3.83. The van der Waals surface area contributed by atoms with Gasteiger partial charge in [0.25, 0.3) is 0 Å². The fourth-order valence-corrected chi connectivity index (χ4v) is 2.72. The molecule has 5 heteroatoms. The summed E-state index contributed by atoms with van der Waals surface area (Å²) in [5, 5.41) is 1.12. The van der Waals surface area contributed by atoms with E-state index in [2.05, 4.69) is 40.6 Å². The number of nitrogens with one attached hydrogen (secondary N) is 1. The van der Waals surface area contributed by atoms with Crippen molar-refractivity contribution in [2.75, 3.05) is 26.7 Å². The number of hydrogen-bond donors (Lipinski definition) is 2. The van der Waals surface area contributed by atoms with Crippen molar-refractivity contribution >= 4 is 10.9 Å². The van der Waals surface area contributed by atoms with Crippen molar-refractivity contribution < 1.29 is 4.74 Å². The Labute approximate surface area is 118 Å². The minimum Gasteiger partial charge on any atom is -0.374 e. The minimum atomic E-state index is -0.0117. The van der Waals surface area contributed by atoms with Gasteiger partial charge in [0.2, 0.25) is 0 Å². The first-order valence-electron chi connectivity index (χ1n) is 6.89.